The third-order valence-corrected chi connectivity index (χ3v) is 9.33. The first-order valence-corrected chi connectivity index (χ1v) is 13.1. The molecule has 0 radical (unpaired) electrons. The summed E-state index contributed by atoms with van der Waals surface area (Å²) in [5, 5.41) is 4.42. The number of aromatic nitrogens is 1. The van der Waals surface area contributed by atoms with Crippen LogP contribution in [0.3, 0.4) is 0 Å². The van der Waals surface area contributed by atoms with Crippen molar-refractivity contribution in [2.24, 2.45) is 16.7 Å². The molecule has 7 nitrogen and oxygen atoms in total. The van der Waals surface area contributed by atoms with Crippen molar-refractivity contribution < 1.29 is 19.0 Å². The highest BCUT2D eigenvalue weighted by molar-refractivity contribution is 6.10. The van der Waals surface area contributed by atoms with Gasteiger partial charge in [0.1, 0.15) is 11.5 Å². The quantitative estimate of drug-likeness (QED) is 0.638. The van der Waals surface area contributed by atoms with Crippen molar-refractivity contribution in [2.45, 2.75) is 59.5 Å². The van der Waals surface area contributed by atoms with E-state index in [1.54, 1.807) is 14.2 Å². The first-order chi connectivity index (χ1) is 16.7. The molecule has 1 amide bonds. The molecule has 1 N–H and O–H groups in total. The van der Waals surface area contributed by atoms with Gasteiger partial charge in [0.05, 0.1) is 38.5 Å². The Morgan fingerprint density at radius 3 is 2.51 bits per heavy atom. The first kappa shape index (κ1) is 24.4. The van der Waals surface area contributed by atoms with E-state index in [1.165, 1.54) is 19.3 Å². The summed E-state index contributed by atoms with van der Waals surface area (Å²) in [5.74, 6) is 2.12. The number of methoxy groups -OCH3 is 2. The number of hydrogen-bond donors (Lipinski definition) is 1. The summed E-state index contributed by atoms with van der Waals surface area (Å²) < 4.78 is 19.2. The Kier molecular flexibility index (Phi) is 6.29. The van der Waals surface area contributed by atoms with Crippen molar-refractivity contribution in [1.82, 2.24) is 14.8 Å². The van der Waals surface area contributed by atoms with Crippen LogP contribution in [0.4, 0.5) is 0 Å². The predicted octanol–water partition coefficient (Wildman–Crippen LogP) is 4.24. The lowest BCUT2D eigenvalue weighted by atomic mass is 9.68. The lowest BCUT2D eigenvalue weighted by Crippen LogP contribution is -2.52. The Balaban J connectivity index is 1.54. The van der Waals surface area contributed by atoms with Crippen molar-refractivity contribution in [3.63, 3.8) is 0 Å². The zero-order chi connectivity index (χ0) is 25.0. The molecule has 3 fully saturated rings. The van der Waals surface area contributed by atoms with E-state index in [0.717, 1.165) is 67.3 Å². The number of ether oxygens (including phenoxy) is 3. The summed E-state index contributed by atoms with van der Waals surface area (Å²) in [6, 6.07) is 4.06. The third kappa shape index (κ3) is 4.01. The second kappa shape index (κ2) is 9.00. The summed E-state index contributed by atoms with van der Waals surface area (Å²) in [7, 11) is 3.34. The molecule has 1 aliphatic heterocycles. The molecule has 3 atom stereocenters. The molecule has 5 rings (SSSR count). The Morgan fingerprint density at radius 1 is 1.14 bits per heavy atom. The lowest BCUT2D eigenvalue weighted by Gasteiger charge is -2.43. The number of carbonyl (C=O) groups excluding carboxylic acids is 1. The fraction of sp³-hybridized carbons (Fsp3) is 0.679. The summed E-state index contributed by atoms with van der Waals surface area (Å²) in [6.07, 6.45) is 3.66. The lowest BCUT2D eigenvalue weighted by molar-refractivity contribution is 0.0365. The van der Waals surface area contributed by atoms with E-state index in [0.29, 0.717) is 11.7 Å². The summed E-state index contributed by atoms with van der Waals surface area (Å²) in [4.78, 5) is 16.4. The van der Waals surface area contributed by atoms with E-state index in [-0.39, 0.29) is 22.8 Å². The van der Waals surface area contributed by atoms with Crippen molar-refractivity contribution >= 4 is 16.8 Å². The van der Waals surface area contributed by atoms with Gasteiger partial charge in [-0.1, -0.05) is 20.8 Å². The number of morpholine rings is 1. The monoisotopic (exact) mass is 483 g/mol. The predicted molar refractivity (Wildman–Crippen MR) is 138 cm³/mol. The van der Waals surface area contributed by atoms with E-state index >= 15 is 0 Å². The molecule has 7 heteroatoms. The first-order valence-electron chi connectivity index (χ1n) is 13.1. The maximum absolute atomic E-state index is 14.0. The van der Waals surface area contributed by atoms with Gasteiger partial charge in [-0.25, -0.2) is 0 Å². The molecule has 1 unspecified atom stereocenters. The summed E-state index contributed by atoms with van der Waals surface area (Å²) in [6.45, 7) is 14.2. The highest BCUT2D eigenvalue weighted by Crippen LogP contribution is 2.62. The minimum atomic E-state index is 0.0137. The van der Waals surface area contributed by atoms with Gasteiger partial charge in [-0.05, 0) is 49.0 Å². The second-order valence-corrected chi connectivity index (χ2v) is 11.6. The number of carbonyl (C=O) groups is 1. The van der Waals surface area contributed by atoms with E-state index in [1.807, 2.05) is 12.1 Å². The molecule has 35 heavy (non-hydrogen) atoms. The van der Waals surface area contributed by atoms with Gasteiger partial charge in [0.15, 0.2) is 0 Å². The molecule has 2 aliphatic carbocycles. The molecule has 2 saturated carbocycles. The minimum Gasteiger partial charge on any atom is -0.497 e. The van der Waals surface area contributed by atoms with Crippen molar-refractivity contribution in [2.75, 3.05) is 47.1 Å². The van der Waals surface area contributed by atoms with Crippen LogP contribution in [-0.2, 0) is 11.3 Å². The summed E-state index contributed by atoms with van der Waals surface area (Å²) in [5.41, 5.74) is 2.94. The normalized spacial score (nSPS) is 27.9. The average molecular weight is 484 g/mol. The number of nitrogens with one attached hydrogen (secondary N) is 1. The van der Waals surface area contributed by atoms with Gasteiger partial charge < -0.3 is 24.1 Å². The molecule has 2 aromatic rings. The molecule has 1 aromatic heterocycles. The Bertz CT molecular complexity index is 1110. The van der Waals surface area contributed by atoms with E-state index < -0.39 is 0 Å². The van der Waals surface area contributed by atoms with Crippen LogP contribution in [0.15, 0.2) is 12.1 Å². The van der Waals surface area contributed by atoms with E-state index in [2.05, 4.69) is 42.5 Å². The maximum atomic E-state index is 14.0. The Labute approximate surface area is 209 Å². The van der Waals surface area contributed by atoms with Crippen LogP contribution in [-0.4, -0.2) is 68.5 Å². The van der Waals surface area contributed by atoms with Crippen LogP contribution in [0.1, 0.15) is 56.1 Å². The second-order valence-electron chi connectivity index (χ2n) is 11.6. The number of amides is 1. The zero-order valence-corrected chi connectivity index (χ0v) is 22.2. The van der Waals surface area contributed by atoms with Gasteiger partial charge in [0.25, 0.3) is 5.91 Å². The van der Waals surface area contributed by atoms with Crippen LogP contribution in [0, 0.1) is 23.7 Å². The number of nitrogens with zero attached hydrogens (tertiary/aromatic N) is 2. The van der Waals surface area contributed by atoms with Crippen molar-refractivity contribution in [1.29, 1.82) is 0 Å². The van der Waals surface area contributed by atoms with E-state index in [9.17, 15) is 4.79 Å². The molecule has 1 saturated heterocycles. The molecular weight excluding hydrogens is 442 g/mol. The van der Waals surface area contributed by atoms with Gasteiger partial charge in [0.2, 0.25) is 0 Å². The molecule has 1 aromatic carbocycles. The minimum absolute atomic E-state index is 0.0137. The third-order valence-electron chi connectivity index (χ3n) is 9.33. The number of benzene rings is 1. The van der Waals surface area contributed by atoms with Crippen molar-refractivity contribution in [3.05, 3.63) is 23.4 Å². The molecule has 3 aliphatic rings. The van der Waals surface area contributed by atoms with Gasteiger partial charge in [-0.15, -0.1) is 0 Å². The molecule has 2 heterocycles. The highest BCUT2D eigenvalue weighted by atomic mass is 16.5. The fourth-order valence-corrected chi connectivity index (χ4v) is 7.32. The van der Waals surface area contributed by atoms with Crippen LogP contribution in [0.2, 0.25) is 0 Å². The zero-order valence-electron chi connectivity index (χ0n) is 22.2. The van der Waals surface area contributed by atoms with Crippen molar-refractivity contribution in [3.8, 4) is 11.5 Å². The van der Waals surface area contributed by atoms with Gasteiger partial charge >= 0.3 is 0 Å². The van der Waals surface area contributed by atoms with Crippen LogP contribution < -0.4 is 14.8 Å². The number of fused-ring (bicyclic) bond motifs is 3. The van der Waals surface area contributed by atoms with Crippen LogP contribution in [0.25, 0.3) is 10.9 Å². The Morgan fingerprint density at radius 2 is 1.89 bits per heavy atom. The van der Waals surface area contributed by atoms with Gasteiger partial charge in [-0.2, -0.15) is 0 Å². The average Bonchev–Trinajstić information content (AvgIpc) is 3.44. The number of rotatable bonds is 7. The fourth-order valence-electron chi connectivity index (χ4n) is 7.32. The van der Waals surface area contributed by atoms with E-state index in [4.69, 9.17) is 14.2 Å². The maximum Gasteiger partial charge on any atom is 0.253 e. The molecular formula is C28H41N3O4. The smallest absolute Gasteiger partial charge is 0.253 e. The Hall–Kier alpha value is -2.25. The highest BCUT2D eigenvalue weighted by Gasteiger charge is 2.59. The SMILES string of the molecule is COc1cc(OC)c2c(c1)c(C(=O)N[C@@H]1C(C)(C)C3CC[C@@]1(C)C3)c(C)n2CCN1CCOCC1. The summed E-state index contributed by atoms with van der Waals surface area (Å²) >= 11 is 0. The molecule has 0 spiro atoms. The molecule has 192 valence electrons. The van der Waals surface area contributed by atoms with Gasteiger partial charge in [-0.3, -0.25) is 9.69 Å². The number of hydrogen-bond acceptors (Lipinski definition) is 5. The van der Waals surface area contributed by atoms with Crippen LogP contribution >= 0.6 is 0 Å². The standard InChI is InChI=1S/C28H41N3O4/c1-18-23(25(32)29-26-27(2,3)19-7-8-28(26,4)17-19)21-15-20(33-5)16-22(34-6)24(21)31(18)10-9-30-11-13-35-14-12-30/h15-16,19,26H,7-14,17H2,1-6H3,(H,29,32)/t19?,26-,28+/m1/s1. The molecule has 2 bridgehead atoms. The van der Waals surface area contributed by atoms with Gasteiger partial charge in [0, 0.05) is 49.4 Å². The van der Waals surface area contributed by atoms with Crippen LogP contribution in [0.5, 0.6) is 11.5 Å². The largest absolute Gasteiger partial charge is 0.497 e. The topological polar surface area (TPSA) is 65.0 Å².